The lowest BCUT2D eigenvalue weighted by atomic mass is 10.2. The molecule has 3 aromatic rings. The van der Waals surface area contributed by atoms with Crippen LogP contribution in [0.15, 0.2) is 72.0 Å². The SMILES string of the molecule is Cc1ccc(-n2cccc2/C=N/NC(=O)Nc2ccccc2)cc1Cl. The van der Waals surface area contributed by atoms with E-state index in [1.165, 1.54) is 0 Å². The number of hydrogen-bond acceptors (Lipinski definition) is 2. The molecule has 6 heteroatoms. The monoisotopic (exact) mass is 352 g/mol. The summed E-state index contributed by atoms with van der Waals surface area (Å²) in [5.41, 5.74) is 5.92. The van der Waals surface area contributed by atoms with E-state index >= 15 is 0 Å². The summed E-state index contributed by atoms with van der Waals surface area (Å²) in [6, 6.07) is 18.4. The van der Waals surface area contributed by atoms with Gasteiger partial charge >= 0.3 is 6.03 Å². The number of nitrogens with zero attached hydrogens (tertiary/aromatic N) is 2. The Kier molecular flexibility index (Phi) is 5.16. The van der Waals surface area contributed by atoms with Crippen LogP contribution >= 0.6 is 11.6 Å². The maximum absolute atomic E-state index is 11.8. The van der Waals surface area contributed by atoms with Crippen LogP contribution in [-0.2, 0) is 0 Å². The van der Waals surface area contributed by atoms with Crippen molar-refractivity contribution in [3.8, 4) is 5.69 Å². The number of carbonyl (C=O) groups is 1. The third-order valence-corrected chi connectivity index (χ3v) is 4.02. The molecule has 1 aromatic heterocycles. The maximum Gasteiger partial charge on any atom is 0.339 e. The van der Waals surface area contributed by atoms with Gasteiger partial charge < -0.3 is 9.88 Å². The van der Waals surface area contributed by atoms with E-state index in [1.807, 2.05) is 66.2 Å². The number of rotatable bonds is 4. The van der Waals surface area contributed by atoms with E-state index in [9.17, 15) is 4.79 Å². The predicted molar refractivity (Wildman–Crippen MR) is 102 cm³/mol. The van der Waals surface area contributed by atoms with E-state index < -0.39 is 6.03 Å². The predicted octanol–water partition coefficient (Wildman–Crippen LogP) is 4.59. The third kappa shape index (κ3) is 4.28. The summed E-state index contributed by atoms with van der Waals surface area (Å²) in [7, 11) is 0. The highest BCUT2D eigenvalue weighted by molar-refractivity contribution is 6.31. The second-order valence-electron chi connectivity index (χ2n) is 5.43. The van der Waals surface area contributed by atoms with Crippen LogP contribution in [-0.4, -0.2) is 16.8 Å². The van der Waals surface area contributed by atoms with Crippen molar-refractivity contribution in [2.45, 2.75) is 6.92 Å². The lowest BCUT2D eigenvalue weighted by Crippen LogP contribution is -2.24. The maximum atomic E-state index is 11.8. The van der Waals surface area contributed by atoms with Crippen LogP contribution in [0.25, 0.3) is 5.69 Å². The van der Waals surface area contributed by atoms with Crippen LogP contribution in [0.4, 0.5) is 10.5 Å². The van der Waals surface area contributed by atoms with Crippen LogP contribution in [0.3, 0.4) is 0 Å². The number of carbonyl (C=O) groups excluding carboxylic acids is 1. The molecule has 0 aliphatic carbocycles. The fraction of sp³-hybridized carbons (Fsp3) is 0.0526. The zero-order valence-corrected chi connectivity index (χ0v) is 14.4. The highest BCUT2D eigenvalue weighted by Gasteiger charge is 2.04. The minimum Gasteiger partial charge on any atom is -0.316 e. The van der Waals surface area contributed by atoms with E-state index in [0.29, 0.717) is 10.7 Å². The van der Waals surface area contributed by atoms with Crippen molar-refractivity contribution in [2.24, 2.45) is 5.10 Å². The minimum absolute atomic E-state index is 0.404. The number of benzene rings is 2. The van der Waals surface area contributed by atoms with Crippen molar-refractivity contribution < 1.29 is 4.79 Å². The number of hydrogen-bond donors (Lipinski definition) is 2. The van der Waals surface area contributed by atoms with Gasteiger partial charge in [0, 0.05) is 22.6 Å². The van der Waals surface area contributed by atoms with Gasteiger partial charge in [-0.3, -0.25) is 0 Å². The highest BCUT2D eigenvalue weighted by Crippen LogP contribution is 2.20. The standard InChI is InChI=1S/C19H17ClN4O/c1-14-9-10-16(12-18(14)20)24-11-5-8-17(24)13-21-23-19(25)22-15-6-3-2-4-7-15/h2-13H,1H3,(H2,22,23,25)/b21-13+. The van der Waals surface area contributed by atoms with Crippen molar-refractivity contribution in [3.63, 3.8) is 0 Å². The quantitative estimate of drug-likeness (QED) is 0.523. The second-order valence-corrected chi connectivity index (χ2v) is 5.83. The number of amides is 2. The summed E-state index contributed by atoms with van der Waals surface area (Å²) in [6.45, 7) is 1.96. The molecule has 0 unspecified atom stereocenters. The van der Waals surface area contributed by atoms with Gasteiger partial charge in [0.15, 0.2) is 0 Å². The molecule has 126 valence electrons. The number of nitrogens with one attached hydrogen (secondary N) is 2. The Morgan fingerprint density at radius 1 is 1.12 bits per heavy atom. The molecule has 0 fully saturated rings. The average Bonchev–Trinajstić information content (AvgIpc) is 3.07. The molecule has 0 aliphatic heterocycles. The Morgan fingerprint density at radius 2 is 1.92 bits per heavy atom. The number of urea groups is 1. The molecule has 0 aliphatic rings. The van der Waals surface area contributed by atoms with Gasteiger partial charge in [-0.2, -0.15) is 5.10 Å². The summed E-state index contributed by atoms with van der Waals surface area (Å²) < 4.78 is 1.94. The first-order chi connectivity index (χ1) is 12.1. The van der Waals surface area contributed by atoms with Crippen LogP contribution < -0.4 is 10.7 Å². The Labute approximate surface area is 150 Å². The van der Waals surface area contributed by atoms with E-state index in [1.54, 1.807) is 18.3 Å². The van der Waals surface area contributed by atoms with Crippen LogP contribution in [0.5, 0.6) is 0 Å². The fourth-order valence-electron chi connectivity index (χ4n) is 2.30. The summed E-state index contributed by atoms with van der Waals surface area (Å²) in [5, 5.41) is 7.39. The Hall–Kier alpha value is -3.05. The Bertz CT molecular complexity index is 903. The topological polar surface area (TPSA) is 58.4 Å². The van der Waals surface area contributed by atoms with Crippen molar-refractivity contribution in [3.05, 3.63) is 83.1 Å². The molecule has 2 amide bonds. The number of aromatic nitrogens is 1. The van der Waals surface area contributed by atoms with Gasteiger partial charge in [0.25, 0.3) is 0 Å². The highest BCUT2D eigenvalue weighted by atomic mass is 35.5. The first-order valence-electron chi connectivity index (χ1n) is 7.72. The lowest BCUT2D eigenvalue weighted by molar-refractivity contribution is 0.252. The second kappa shape index (κ2) is 7.68. The molecule has 0 atom stereocenters. The molecule has 0 spiro atoms. The molecule has 2 aromatic carbocycles. The van der Waals surface area contributed by atoms with E-state index in [4.69, 9.17) is 11.6 Å². The third-order valence-electron chi connectivity index (χ3n) is 3.61. The number of aryl methyl sites for hydroxylation is 1. The largest absolute Gasteiger partial charge is 0.339 e. The average molecular weight is 353 g/mol. The summed E-state index contributed by atoms with van der Waals surface area (Å²) in [4.78, 5) is 11.8. The Morgan fingerprint density at radius 3 is 2.68 bits per heavy atom. The van der Waals surface area contributed by atoms with Crippen LogP contribution in [0.2, 0.25) is 5.02 Å². The van der Waals surface area contributed by atoms with Gasteiger partial charge in [0.05, 0.1) is 11.9 Å². The van der Waals surface area contributed by atoms with Crippen molar-refractivity contribution in [2.75, 3.05) is 5.32 Å². The van der Waals surface area contributed by atoms with Gasteiger partial charge in [0.2, 0.25) is 0 Å². The van der Waals surface area contributed by atoms with Crippen LogP contribution in [0.1, 0.15) is 11.3 Å². The first kappa shape index (κ1) is 16.8. The lowest BCUT2D eigenvalue weighted by Gasteiger charge is -2.08. The molecule has 0 bridgehead atoms. The fourth-order valence-corrected chi connectivity index (χ4v) is 2.48. The van der Waals surface area contributed by atoms with E-state index in [0.717, 1.165) is 16.9 Å². The van der Waals surface area contributed by atoms with Crippen molar-refractivity contribution >= 4 is 29.5 Å². The molecule has 3 rings (SSSR count). The molecule has 0 saturated carbocycles. The van der Waals surface area contributed by atoms with Gasteiger partial charge in [-0.25, -0.2) is 10.2 Å². The van der Waals surface area contributed by atoms with Crippen molar-refractivity contribution in [1.82, 2.24) is 9.99 Å². The number of halogens is 1. The molecule has 2 N–H and O–H groups in total. The zero-order chi connectivity index (χ0) is 17.6. The first-order valence-corrected chi connectivity index (χ1v) is 8.10. The molecular formula is C19H17ClN4O. The summed E-state index contributed by atoms with van der Waals surface area (Å²) in [5.74, 6) is 0. The van der Waals surface area contributed by atoms with Crippen LogP contribution in [0, 0.1) is 6.92 Å². The van der Waals surface area contributed by atoms with E-state index in [-0.39, 0.29) is 0 Å². The van der Waals surface area contributed by atoms with E-state index in [2.05, 4.69) is 15.8 Å². The number of hydrazone groups is 1. The Balaban J connectivity index is 1.67. The van der Waals surface area contributed by atoms with Gasteiger partial charge in [0.1, 0.15) is 0 Å². The normalized spacial score (nSPS) is 10.8. The van der Waals surface area contributed by atoms with Gasteiger partial charge in [-0.1, -0.05) is 35.9 Å². The minimum atomic E-state index is -0.404. The molecule has 1 heterocycles. The molecule has 0 saturated heterocycles. The molecule has 25 heavy (non-hydrogen) atoms. The molecule has 5 nitrogen and oxygen atoms in total. The van der Waals surface area contributed by atoms with Gasteiger partial charge in [-0.15, -0.1) is 0 Å². The van der Waals surface area contributed by atoms with Crippen molar-refractivity contribution in [1.29, 1.82) is 0 Å². The molecular weight excluding hydrogens is 336 g/mol. The molecule has 0 radical (unpaired) electrons. The summed E-state index contributed by atoms with van der Waals surface area (Å²) >= 11 is 6.19. The van der Waals surface area contributed by atoms with Gasteiger partial charge in [-0.05, 0) is 48.9 Å². The number of para-hydroxylation sites is 1. The zero-order valence-electron chi connectivity index (χ0n) is 13.6. The summed E-state index contributed by atoms with van der Waals surface area (Å²) in [6.07, 6.45) is 3.49. The smallest absolute Gasteiger partial charge is 0.316 e. The number of anilines is 1.